The van der Waals surface area contributed by atoms with E-state index in [4.69, 9.17) is 14.0 Å². The Balaban J connectivity index is 1.72. The number of carbonyl (C=O) groups excluding carboxylic acids is 1. The Hall–Kier alpha value is -2.35. The molecule has 23 heavy (non-hydrogen) atoms. The van der Waals surface area contributed by atoms with Crippen LogP contribution in [0.25, 0.3) is 0 Å². The number of carbonyl (C=O) groups is 1. The fourth-order valence-corrected chi connectivity index (χ4v) is 2.66. The van der Waals surface area contributed by atoms with Gasteiger partial charge in [-0.25, -0.2) is 0 Å². The molecule has 3 heterocycles. The van der Waals surface area contributed by atoms with Crippen molar-refractivity contribution >= 4 is 5.91 Å². The molecule has 1 aliphatic rings. The van der Waals surface area contributed by atoms with Gasteiger partial charge in [0.15, 0.2) is 0 Å². The molecule has 1 N–H and O–H groups in total. The summed E-state index contributed by atoms with van der Waals surface area (Å²) in [6.45, 7) is 3.49. The summed E-state index contributed by atoms with van der Waals surface area (Å²) in [6.07, 6.45) is 5.25. The standard InChI is InChI=1S/C15H20N4O4/c1-3-19-9-10(8-16-19)14-11(5-4-6-22-14)17-15(20)12-7-13(21-2)18-23-12/h7-9,11,14H,3-6H2,1-2H3,(H,17,20)/t11-,14+/m0/s1. The predicted octanol–water partition coefficient (Wildman–Crippen LogP) is 1.55. The van der Waals surface area contributed by atoms with E-state index in [0.717, 1.165) is 24.9 Å². The zero-order valence-corrected chi connectivity index (χ0v) is 13.2. The third kappa shape index (κ3) is 3.37. The van der Waals surface area contributed by atoms with E-state index in [1.807, 2.05) is 17.8 Å². The molecule has 0 unspecified atom stereocenters. The maximum Gasteiger partial charge on any atom is 0.290 e. The van der Waals surface area contributed by atoms with Crippen LogP contribution in [-0.4, -0.2) is 40.6 Å². The molecule has 0 spiro atoms. The minimum absolute atomic E-state index is 0.121. The normalized spacial score (nSPS) is 21.1. The SMILES string of the molecule is CCn1cc([C@H]2OCCC[C@@H]2NC(=O)c2cc(OC)no2)cn1. The zero-order valence-electron chi connectivity index (χ0n) is 13.2. The van der Waals surface area contributed by atoms with E-state index < -0.39 is 0 Å². The molecule has 2 atom stereocenters. The molecule has 0 radical (unpaired) electrons. The van der Waals surface area contributed by atoms with Crippen molar-refractivity contribution in [1.82, 2.24) is 20.3 Å². The number of aromatic nitrogens is 3. The van der Waals surface area contributed by atoms with Crippen molar-refractivity contribution in [2.24, 2.45) is 0 Å². The molecule has 0 aliphatic carbocycles. The topological polar surface area (TPSA) is 91.4 Å². The minimum Gasteiger partial charge on any atom is -0.479 e. The Morgan fingerprint density at radius 1 is 1.57 bits per heavy atom. The van der Waals surface area contributed by atoms with Crippen molar-refractivity contribution in [3.8, 4) is 5.88 Å². The van der Waals surface area contributed by atoms with E-state index in [1.165, 1.54) is 13.2 Å². The second-order valence-corrected chi connectivity index (χ2v) is 5.38. The third-order valence-electron chi connectivity index (χ3n) is 3.87. The number of ether oxygens (including phenoxy) is 2. The lowest BCUT2D eigenvalue weighted by atomic mass is 9.98. The molecule has 1 amide bonds. The van der Waals surface area contributed by atoms with Gasteiger partial charge in [0.25, 0.3) is 11.8 Å². The van der Waals surface area contributed by atoms with Crippen molar-refractivity contribution in [1.29, 1.82) is 0 Å². The zero-order chi connectivity index (χ0) is 16.2. The molecule has 0 aromatic carbocycles. The van der Waals surface area contributed by atoms with Gasteiger partial charge in [-0.15, -0.1) is 0 Å². The maximum absolute atomic E-state index is 12.3. The number of nitrogens with one attached hydrogen (secondary N) is 1. The monoisotopic (exact) mass is 320 g/mol. The molecule has 124 valence electrons. The van der Waals surface area contributed by atoms with Crippen LogP contribution in [0.2, 0.25) is 0 Å². The van der Waals surface area contributed by atoms with Crippen LogP contribution < -0.4 is 10.1 Å². The van der Waals surface area contributed by atoms with E-state index in [0.29, 0.717) is 6.61 Å². The number of amides is 1. The molecular formula is C15H20N4O4. The van der Waals surface area contributed by atoms with Gasteiger partial charge >= 0.3 is 0 Å². The van der Waals surface area contributed by atoms with Gasteiger partial charge < -0.3 is 19.3 Å². The Morgan fingerprint density at radius 2 is 2.43 bits per heavy atom. The lowest BCUT2D eigenvalue weighted by Crippen LogP contribution is -2.42. The summed E-state index contributed by atoms with van der Waals surface area (Å²) >= 11 is 0. The molecule has 8 heteroatoms. The van der Waals surface area contributed by atoms with Crippen LogP contribution in [0.4, 0.5) is 0 Å². The average Bonchev–Trinajstić information content (AvgIpc) is 3.24. The van der Waals surface area contributed by atoms with E-state index >= 15 is 0 Å². The minimum atomic E-state index is -0.329. The summed E-state index contributed by atoms with van der Waals surface area (Å²) in [5.41, 5.74) is 0.965. The van der Waals surface area contributed by atoms with Crippen LogP contribution in [0, 0.1) is 0 Å². The molecule has 2 aromatic rings. The van der Waals surface area contributed by atoms with Crippen LogP contribution in [0.3, 0.4) is 0 Å². The van der Waals surface area contributed by atoms with Crippen LogP contribution in [0.15, 0.2) is 23.0 Å². The Bertz CT molecular complexity index is 666. The molecule has 1 fully saturated rings. The van der Waals surface area contributed by atoms with Crippen LogP contribution in [0.1, 0.15) is 42.0 Å². The highest BCUT2D eigenvalue weighted by molar-refractivity contribution is 5.91. The fraction of sp³-hybridized carbons (Fsp3) is 0.533. The summed E-state index contributed by atoms with van der Waals surface area (Å²) in [4.78, 5) is 12.3. The molecule has 1 saturated heterocycles. The third-order valence-corrected chi connectivity index (χ3v) is 3.87. The maximum atomic E-state index is 12.3. The van der Waals surface area contributed by atoms with Gasteiger partial charge in [0, 0.05) is 24.9 Å². The molecule has 0 saturated carbocycles. The second-order valence-electron chi connectivity index (χ2n) is 5.38. The Labute approximate surface area is 133 Å². The van der Waals surface area contributed by atoms with Gasteiger partial charge in [-0.2, -0.15) is 5.10 Å². The van der Waals surface area contributed by atoms with Gasteiger partial charge in [0.05, 0.1) is 25.4 Å². The van der Waals surface area contributed by atoms with E-state index in [1.54, 1.807) is 6.20 Å². The molecule has 1 aliphatic heterocycles. The lowest BCUT2D eigenvalue weighted by Gasteiger charge is -2.31. The first-order valence-corrected chi connectivity index (χ1v) is 7.66. The highest BCUT2D eigenvalue weighted by atomic mass is 16.5. The van der Waals surface area contributed by atoms with Crippen LogP contribution in [-0.2, 0) is 11.3 Å². The lowest BCUT2D eigenvalue weighted by molar-refractivity contribution is -0.00984. The summed E-state index contributed by atoms with van der Waals surface area (Å²) in [5, 5.41) is 10.9. The molecule has 8 nitrogen and oxygen atoms in total. The molecular weight excluding hydrogens is 300 g/mol. The number of aryl methyl sites for hydroxylation is 1. The molecule has 3 rings (SSSR count). The van der Waals surface area contributed by atoms with Crippen LogP contribution in [0.5, 0.6) is 5.88 Å². The average molecular weight is 320 g/mol. The number of nitrogens with zero attached hydrogens (tertiary/aromatic N) is 3. The van der Waals surface area contributed by atoms with Gasteiger partial charge in [-0.1, -0.05) is 0 Å². The van der Waals surface area contributed by atoms with Crippen molar-refractivity contribution in [3.05, 3.63) is 29.8 Å². The van der Waals surface area contributed by atoms with Crippen molar-refractivity contribution < 1.29 is 18.8 Å². The number of rotatable bonds is 5. The summed E-state index contributed by atoms with van der Waals surface area (Å²) in [5.74, 6) is 0.0652. The second kappa shape index (κ2) is 6.82. The van der Waals surface area contributed by atoms with Gasteiger partial charge in [0.2, 0.25) is 5.76 Å². The van der Waals surface area contributed by atoms with Gasteiger partial charge in [-0.05, 0) is 24.9 Å². The van der Waals surface area contributed by atoms with Crippen molar-refractivity contribution in [2.75, 3.05) is 13.7 Å². The highest BCUT2D eigenvalue weighted by Crippen LogP contribution is 2.28. The van der Waals surface area contributed by atoms with E-state index in [2.05, 4.69) is 15.6 Å². The molecule has 2 aromatic heterocycles. The van der Waals surface area contributed by atoms with Gasteiger partial charge in [-0.3, -0.25) is 9.48 Å². The largest absolute Gasteiger partial charge is 0.479 e. The number of hydrogen-bond acceptors (Lipinski definition) is 6. The van der Waals surface area contributed by atoms with E-state index in [-0.39, 0.29) is 29.7 Å². The first-order valence-electron chi connectivity index (χ1n) is 7.66. The first kappa shape index (κ1) is 15.5. The Morgan fingerprint density at radius 3 is 3.13 bits per heavy atom. The van der Waals surface area contributed by atoms with Crippen LogP contribution >= 0.6 is 0 Å². The number of hydrogen-bond donors (Lipinski definition) is 1. The predicted molar refractivity (Wildman–Crippen MR) is 80.1 cm³/mol. The Kier molecular flexibility index (Phi) is 4.61. The van der Waals surface area contributed by atoms with Gasteiger partial charge in [0.1, 0.15) is 6.10 Å². The molecule has 0 bridgehead atoms. The summed E-state index contributed by atoms with van der Waals surface area (Å²) in [7, 11) is 1.47. The summed E-state index contributed by atoms with van der Waals surface area (Å²) < 4.78 is 17.6. The number of methoxy groups -OCH3 is 1. The quantitative estimate of drug-likeness (QED) is 0.898. The van der Waals surface area contributed by atoms with Crippen molar-refractivity contribution in [2.45, 2.75) is 38.5 Å². The highest BCUT2D eigenvalue weighted by Gasteiger charge is 2.31. The first-order chi connectivity index (χ1) is 11.2. The smallest absolute Gasteiger partial charge is 0.290 e. The fourth-order valence-electron chi connectivity index (χ4n) is 2.66. The van der Waals surface area contributed by atoms with E-state index in [9.17, 15) is 4.79 Å². The summed E-state index contributed by atoms with van der Waals surface area (Å²) in [6, 6.07) is 1.32. The van der Waals surface area contributed by atoms with Crippen molar-refractivity contribution in [3.63, 3.8) is 0 Å².